The van der Waals surface area contributed by atoms with Crippen molar-refractivity contribution in [3.8, 4) is 11.5 Å². The molecule has 0 radical (unpaired) electrons. The van der Waals surface area contributed by atoms with E-state index in [9.17, 15) is 0 Å². The van der Waals surface area contributed by atoms with Gasteiger partial charge in [0, 0.05) is 16.1 Å². The third-order valence-corrected chi connectivity index (χ3v) is 4.98. The van der Waals surface area contributed by atoms with Gasteiger partial charge in [-0.2, -0.15) is 0 Å². The molecule has 1 aliphatic carbocycles. The van der Waals surface area contributed by atoms with Crippen LogP contribution in [-0.2, 0) is 6.42 Å². The number of ether oxygens (including phenoxy) is 2. The first-order valence-corrected chi connectivity index (χ1v) is 7.83. The van der Waals surface area contributed by atoms with E-state index in [0.29, 0.717) is 5.41 Å². The summed E-state index contributed by atoms with van der Waals surface area (Å²) in [4.78, 5) is 0. The Labute approximate surface area is 130 Å². The number of hydrogen-bond donors (Lipinski definition) is 1. The number of methoxy groups -OCH3 is 2. The normalized spacial score (nSPS) is 21.0. The molecule has 2 rings (SSSR count). The molecular formula is C16H24BrNO2. The van der Waals surface area contributed by atoms with Crippen LogP contribution in [0.1, 0.15) is 43.9 Å². The van der Waals surface area contributed by atoms with Gasteiger partial charge in [0.1, 0.15) is 0 Å². The van der Waals surface area contributed by atoms with Crippen LogP contribution in [0, 0.1) is 5.41 Å². The van der Waals surface area contributed by atoms with E-state index in [0.717, 1.165) is 28.8 Å². The Kier molecular flexibility index (Phi) is 4.65. The van der Waals surface area contributed by atoms with E-state index in [2.05, 4.69) is 35.1 Å². The maximum absolute atomic E-state index is 5.66. The molecule has 4 heteroatoms. The fourth-order valence-corrected chi connectivity index (χ4v) is 3.74. The second kappa shape index (κ2) is 5.94. The van der Waals surface area contributed by atoms with Crippen LogP contribution in [0.25, 0.3) is 0 Å². The molecule has 0 heterocycles. The smallest absolute Gasteiger partial charge is 0.165 e. The first-order valence-electron chi connectivity index (χ1n) is 7.04. The molecule has 1 unspecified atom stereocenters. The van der Waals surface area contributed by atoms with E-state index < -0.39 is 0 Å². The van der Waals surface area contributed by atoms with Crippen molar-refractivity contribution in [2.45, 2.75) is 39.2 Å². The van der Waals surface area contributed by atoms with Crippen LogP contribution in [0.5, 0.6) is 11.5 Å². The Morgan fingerprint density at radius 3 is 2.55 bits per heavy atom. The summed E-state index contributed by atoms with van der Waals surface area (Å²) in [6.07, 6.45) is 3.32. The zero-order chi connectivity index (χ0) is 14.9. The monoisotopic (exact) mass is 341 g/mol. The molecule has 20 heavy (non-hydrogen) atoms. The molecule has 0 fully saturated rings. The molecule has 0 saturated carbocycles. The van der Waals surface area contributed by atoms with Crippen LogP contribution in [0.15, 0.2) is 10.5 Å². The minimum Gasteiger partial charge on any atom is -0.493 e. The second-order valence-electron chi connectivity index (χ2n) is 6.20. The van der Waals surface area contributed by atoms with Crippen molar-refractivity contribution in [1.82, 2.24) is 5.32 Å². The van der Waals surface area contributed by atoms with Gasteiger partial charge < -0.3 is 14.8 Å². The van der Waals surface area contributed by atoms with Gasteiger partial charge >= 0.3 is 0 Å². The summed E-state index contributed by atoms with van der Waals surface area (Å²) in [5.74, 6) is 1.65. The molecule has 112 valence electrons. The van der Waals surface area contributed by atoms with E-state index in [1.807, 2.05) is 13.1 Å². The van der Waals surface area contributed by atoms with Crippen LogP contribution in [0.2, 0.25) is 0 Å². The second-order valence-corrected chi connectivity index (χ2v) is 7.05. The van der Waals surface area contributed by atoms with Gasteiger partial charge in [0.05, 0.1) is 14.2 Å². The first kappa shape index (κ1) is 15.6. The molecule has 1 aromatic carbocycles. The summed E-state index contributed by atoms with van der Waals surface area (Å²) in [5, 5.41) is 3.45. The van der Waals surface area contributed by atoms with Gasteiger partial charge in [-0.3, -0.25) is 0 Å². The highest BCUT2D eigenvalue weighted by molar-refractivity contribution is 9.10. The van der Waals surface area contributed by atoms with Crippen molar-refractivity contribution in [1.29, 1.82) is 0 Å². The summed E-state index contributed by atoms with van der Waals surface area (Å²) in [6.45, 7) is 4.67. The Bertz CT molecular complexity index is 500. The molecule has 1 N–H and O–H groups in total. The van der Waals surface area contributed by atoms with Gasteiger partial charge in [0.2, 0.25) is 0 Å². The van der Waals surface area contributed by atoms with Gasteiger partial charge in [-0.05, 0) is 43.4 Å². The van der Waals surface area contributed by atoms with E-state index in [4.69, 9.17) is 9.47 Å². The molecule has 0 amide bonds. The third kappa shape index (κ3) is 2.82. The van der Waals surface area contributed by atoms with E-state index in [-0.39, 0.29) is 6.04 Å². The first-order chi connectivity index (χ1) is 9.43. The number of nitrogens with one attached hydrogen (secondary N) is 1. The molecular weight excluding hydrogens is 318 g/mol. The van der Waals surface area contributed by atoms with E-state index >= 15 is 0 Å². The Balaban J connectivity index is 2.65. The fourth-order valence-electron chi connectivity index (χ4n) is 3.12. The molecule has 1 aromatic rings. The number of halogens is 1. The number of rotatable bonds is 3. The Morgan fingerprint density at radius 2 is 2.00 bits per heavy atom. The lowest BCUT2D eigenvalue weighted by Gasteiger charge is -2.27. The van der Waals surface area contributed by atoms with Crippen LogP contribution in [0.3, 0.4) is 0 Å². The maximum Gasteiger partial charge on any atom is 0.165 e. The van der Waals surface area contributed by atoms with Gasteiger partial charge in [0.15, 0.2) is 11.5 Å². The predicted octanol–water partition coefficient (Wildman–Crippen LogP) is 4.09. The average Bonchev–Trinajstić information content (AvgIpc) is 2.55. The van der Waals surface area contributed by atoms with Crippen molar-refractivity contribution in [2.75, 3.05) is 21.3 Å². The largest absolute Gasteiger partial charge is 0.493 e. The summed E-state index contributed by atoms with van der Waals surface area (Å²) >= 11 is 3.70. The molecule has 1 aliphatic rings. The summed E-state index contributed by atoms with van der Waals surface area (Å²) in [6, 6.07) is 2.30. The lowest BCUT2D eigenvalue weighted by atomic mass is 9.83. The van der Waals surface area contributed by atoms with Gasteiger partial charge in [-0.25, -0.2) is 0 Å². The van der Waals surface area contributed by atoms with Crippen LogP contribution >= 0.6 is 15.9 Å². The third-order valence-electron chi connectivity index (χ3n) is 4.27. The van der Waals surface area contributed by atoms with Crippen molar-refractivity contribution in [2.24, 2.45) is 5.41 Å². The standard InChI is InChI=1S/C16H24BrNO2/c1-16(2)7-6-10-11(17)8-13(19-4)15(20-5)14(10)12(9-16)18-3/h8,12,18H,6-7,9H2,1-5H3. The van der Waals surface area contributed by atoms with Crippen molar-refractivity contribution < 1.29 is 9.47 Å². The van der Waals surface area contributed by atoms with Gasteiger partial charge in [-0.15, -0.1) is 0 Å². The highest BCUT2D eigenvalue weighted by Crippen LogP contribution is 2.48. The average molecular weight is 342 g/mol. The van der Waals surface area contributed by atoms with Gasteiger partial charge in [-0.1, -0.05) is 29.8 Å². The molecule has 0 bridgehead atoms. The van der Waals surface area contributed by atoms with Crippen LogP contribution in [-0.4, -0.2) is 21.3 Å². The lowest BCUT2D eigenvalue weighted by Crippen LogP contribution is -2.23. The number of hydrogen-bond acceptors (Lipinski definition) is 3. The summed E-state index contributed by atoms with van der Waals surface area (Å²) < 4.78 is 12.3. The number of benzene rings is 1. The molecule has 0 spiro atoms. The molecule has 1 atom stereocenters. The van der Waals surface area contributed by atoms with Crippen molar-refractivity contribution in [3.05, 3.63) is 21.7 Å². The van der Waals surface area contributed by atoms with E-state index in [1.165, 1.54) is 17.5 Å². The SMILES string of the molecule is CNC1CC(C)(C)CCc2c(Br)cc(OC)c(OC)c21. The van der Waals surface area contributed by atoms with Crippen molar-refractivity contribution in [3.63, 3.8) is 0 Å². The fraction of sp³-hybridized carbons (Fsp3) is 0.625. The van der Waals surface area contributed by atoms with E-state index in [1.54, 1.807) is 14.2 Å². The Morgan fingerprint density at radius 1 is 1.30 bits per heavy atom. The molecule has 0 saturated heterocycles. The molecule has 0 aliphatic heterocycles. The quantitative estimate of drug-likeness (QED) is 0.840. The summed E-state index contributed by atoms with van der Waals surface area (Å²) in [5.41, 5.74) is 2.89. The molecule has 0 aromatic heterocycles. The predicted molar refractivity (Wildman–Crippen MR) is 85.8 cm³/mol. The highest BCUT2D eigenvalue weighted by atomic mass is 79.9. The van der Waals surface area contributed by atoms with Gasteiger partial charge in [0.25, 0.3) is 0 Å². The Hall–Kier alpha value is -0.740. The lowest BCUT2D eigenvalue weighted by molar-refractivity contribution is 0.275. The summed E-state index contributed by atoms with van der Waals surface area (Å²) in [7, 11) is 5.42. The van der Waals surface area contributed by atoms with Crippen molar-refractivity contribution >= 4 is 15.9 Å². The molecule has 3 nitrogen and oxygen atoms in total. The number of fused-ring (bicyclic) bond motifs is 1. The van der Waals surface area contributed by atoms with Crippen LogP contribution in [0.4, 0.5) is 0 Å². The highest BCUT2D eigenvalue weighted by Gasteiger charge is 2.33. The topological polar surface area (TPSA) is 30.5 Å². The maximum atomic E-state index is 5.66. The minimum atomic E-state index is 0.281. The minimum absolute atomic E-state index is 0.281. The van der Waals surface area contributed by atoms with Crippen LogP contribution < -0.4 is 14.8 Å². The zero-order valence-corrected chi connectivity index (χ0v) is 14.6. The zero-order valence-electron chi connectivity index (χ0n) is 13.0.